The maximum Gasteiger partial charge on any atom is 0.236 e. The topological polar surface area (TPSA) is 32.3 Å². The van der Waals surface area contributed by atoms with Crippen LogP contribution in [0.4, 0.5) is 0 Å². The van der Waals surface area contributed by atoms with E-state index in [1.165, 1.54) is 0 Å². The summed E-state index contributed by atoms with van der Waals surface area (Å²) in [4.78, 5) is 13.7. The van der Waals surface area contributed by atoms with E-state index in [9.17, 15) is 4.79 Å². The summed E-state index contributed by atoms with van der Waals surface area (Å²) in [6.07, 6.45) is 0. The molecular formula is C14H21ClN2O. The van der Waals surface area contributed by atoms with Crippen molar-refractivity contribution in [1.29, 1.82) is 0 Å². The van der Waals surface area contributed by atoms with Crippen LogP contribution in [0.2, 0.25) is 5.02 Å². The molecule has 0 aliphatic heterocycles. The van der Waals surface area contributed by atoms with Crippen LogP contribution >= 0.6 is 11.6 Å². The zero-order valence-electron chi connectivity index (χ0n) is 11.2. The molecule has 3 nitrogen and oxygen atoms in total. The van der Waals surface area contributed by atoms with Crippen molar-refractivity contribution in [3.05, 3.63) is 34.9 Å². The first-order valence-electron chi connectivity index (χ1n) is 6.35. The molecule has 0 radical (unpaired) electrons. The number of rotatable bonds is 6. The predicted octanol–water partition coefficient (Wildman–Crippen LogP) is 2.86. The summed E-state index contributed by atoms with van der Waals surface area (Å²) in [5.74, 6) is 0.140. The first kappa shape index (κ1) is 15.0. The van der Waals surface area contributed by atoms with Crippen LogP contribution in [0.25, 0.3) is 0 Å². The smallest absolute Gasteiger partial charge is 0.236 e. The highest BCUT2D eigenvalue weighted by molar-refractivity contribution is 6.30. The van der Waals surface area contributed by atoms with E-state index in [0.29, 0.717) is 6.54 Å². The molecule has 0 saturated carbocycles. The van der Waals surface area contributed by atoms with Gasteiger partial charge < -0.3 is 10.2 Å². The van der Waals surface area contributed by atoms with Gasteiger partial charge >= 0.3 is 0 Å². The normalized spacial score (nSPS) is 12.2. The van der Waals surface area contributed by atoms with E-state index in [1.54, 1.807) is 0 Å². The van der Waals surface area contributed by atoms with Gasteiger partial charge in [-0.25, -0.2) is 0 Å². The van der Waals surface area contributed by atoms with Crippen LogP contribution in [0.1, 0.15) is 32.4 Å². The summed E-state index contributed by atoms with van der Waals surface area (Å²) >= 11 is 5.84. The molecule has 0 aromatic heterocycles. The van der Waals surface area contributed by atoms with E-state index in [2.05, 4.69) is 5.32 Å². The highest BCUT2D eigenvalue weighted by Gasteiger charge is 2.11. The molecule has 0 aliphatic rings. The fraction of sp³-hybridized carbons (Fsp3) is 0.500. The van der Waals surface area contributed by atoms with Gasteiger partial charge in [-0.15, -0.1) is 0 Å². The quantitative estimate of drug-likeness (QED) is 0.860. The van der Waals surface area contributed by atoms with Gasteiger partial charge in [0.05, 0.1) is 6.54 Å². The van der Waals surface area contributed by atoms with Crippen LogP contribution < -0.4 is 5.32 Å². The number of benzene rings is 1. The number of halogens is 1. The van der Waals surface area contributed by atoms with E-state index >= 15 is 0 Å². The summed E-state index contributed by atoms with van der Waals surface area (Å²) in [6, 6.07) is 7.81. The molecule has 1 atom stereocenters. The Hall–Kier alpha value is -1.06. The fourth-order valence-corrected chi connectivity index (χ4v) is 1.92. The third kappa shape index (κ3) is 4.31. The molecule has 1 aromatic carbocycles. The van der Waals surface area contributed by atoms with Gasteiger partial charge in [0, 0.05) is 24.2 Å². The molecule has 0 bridgehead atoms. The molecule has 1 amide bonds. The van der Waals surface area contributed by atoms with Crippen LogP contribution in [-0.2, 0) is 4.79 Å². The number of hydrogen-bond donors (Lipinski definition) is 1. The number of likely N-dealkylation sites (N-methyl/N-ethyl adjacent to an activating group) is 1. The molecule has 0 spiro atoms. The number of carbonyl (C=O) groups excluding carboxylic acids is 1. The van der Waals surface area contributed by atoms with Gasteiger partial charge in [-0.05, 0) is 38.5 Å². The summed E-state index contributed by atoms with van der Waals surface area (Å²) < 4.78 is 0. The Balaban J connectivity index is 2.48. The minimum absolute atomic E-state index is 0.140. The lowest BCUT2D eigenvalue weighted by molar-refractivity contribution is -0.129. The van der Waals surface area contributed by atoms with Gasteiger partial charge in [-0.2, -0.15) is 0 Å². The first-order chi connectivity index (χ1) is 8.58. The molecule has 1 N–H and O–H groups in total. The standard InChI is InChI=1S/C14H21ClN2O/c1-4-17(5-2)14(18)10-16-11(3)12-6-8-13(15)9-7-12/h6-9,11,16H,4-5,10H2,1-3H3/t11-/m1/s1. The average Bonchev–Trinajstić information content (AvgIpc) is 2.38. The van der Waals surface area contributed by atoms with Gasteiger partial charge in [0.25, 0.3) is 0 Å². The summed E-state index contributed by atoms with van der Waals surface area (Å²) in [7, 11) is 0. The van der Waals surface area contributed by atoms with Crippen molar-refractivity contribution in [1.82, 2.24) is 10.2 Å². The number of nitrogens with one attached hydrogen (secondary N) is 1. The number of amides is 1. The monoisotopic (exact) mass is 268 g/mol. The molecule has 100 valence electrons. The zero-order valence-corrected chi connectivity index (χ0v) is 12.0. The van der Waals surface area contributed by atoms with E-state index in [0.717, 1.165) is 23.7 Å². The summed E-state index contributed by atoms with van der Waals surface area (Å²) in [5, 5.41) is 3.96. The minimum Gasteiger partial charge on any atom is -0.342 e. The lowest BCUT2D eigenvalue weighted by Gasteiger charge is -2.21. The average molecular weight is 269 g/mol. The third-order valence-corrected chi connectivity index (χ3v) is 3.30. The van der Waals surface area contributed by atoms with Crippen LogP contribution in [0, 0.1) is 0 Å². The van der Waals surface area contributed by atoms with Gasteiger partial charge in [0.1, 0.15) is 0 Å². The van der Waals surface area contributed by atoms with E-state index in [-0.39, 0.29) is 11.9 Å². The Labute approximate surface area is 114 Å². The largest absolute Gasteiger partial charge is 0.342 e. The lowest BCUT2D eigenvalue weighted by Crippen LogP contribution is -2.38. The highest BCUT2D eigenvalue weighted by atomic mass is 35.5. The highest BCUT2D eigenvalue weighted by Crippen LogP contribution is 2.15. The number of hydrogen-bond acceptors (Lipinski definition) is 2. The van der Waals surface area contributed by atoms with Crippen molar-refractivity contribution in [2.75, 3.05) is 19.6 Å². The Morgan fingerprint density at radius 1 is 1.28 bits per heavy atom. The van der Waals surface area contributed by atoms with Gasteiger partial charge in [-0.1, -0.05) is 23.7 Å². The van der Waals surface area contributed by atoms with Crippen molar-refractivity contribution in [2.24, 2.45) is 0 Å². The lowest BCUT2D eigenvalue weighted by atomic mass is 10.1. The van der Waals surface area contributed by atoms with Gasteiger partial charge in [0.15, 0.2) is 0 Å². The number of nitrogens with zero attached hydrogens (tertiary/aromatic N) is 1. The molecule has 0 aliphatic carbocycles. The van der Waals surface area contributed by atoms with Crippen LogP contribution in [-0.4, -0.2) is 30.4 Å². The molecule has 0 saturated heterocycles. The van der Waals surface area contributed by atoms with Crippen molar-refractivity contribution >= 4 is 17.5 Å². The predicted molar refractivity (Wildman–Crippen MR) is 75.8 cm³/mol. The Bertz CT molecular complexity index is 374. The van der Waals surface area contributed by atoms with Crippen molar-refractivity contribution in [2.45, 2.75) is 26.8 Å². The summed E-state index contributed by atoms with van der Waals surface area (Å²) in [6.45, 7) is 7.90. The summed E-state index contributed by atoms with van der Waals surface area (Å²) in [5.41, 5.74) is 1.13. The third-order valence-electron chi connectivity index (χ3n) is 3.05. The zero-order chi connectivity index (χ0) is 13.5. The maximum absolute atomic E-state index is 11.8. The molecule has 4 heteroatoms. The minimum atomic E-state index is 0.140. The number of carbonyl (C=O) groups is 1. The van der Waals surface area contributed by atoms with Crippen molar-refractivity contribution in [3.63, 3.8) is 0 Å². The van der Waals surface area contributed by atoms with E-state index in [1.807, 2.05) is 49.9 Å². The Morgan fingerprint density at radius 2 is 1.83 bits per heavy atom. The van der Waals surface area contributed by atoms with Gasteiger partial charge in [0.2, 0.25) is 5.91 Å². The molecule has 1 rings (SSSR count). The molecule has 0 heterocycles. The van der Waals surface area contributed by atoms with Crippen LogP contribution in [0.15, 0.2) is 24.3 Å². The van der Waals surface area contributed by atoms with Crippen molar-refractivity contribution < 1.29 is 4.79 Å². The molecule has 1 aromatic rings. The van der Waals surface area contributed by atoms with E-state index in [4.69, 9.17) is 11.6 Å². The Kier molecular flexibility index (Phi) is 6.16. The molecule has 18 heavy (non-hydrogen) atoms. The fourth-order valence-electron chi connectivity index (χ4n) is 1.80. The van der Waals surface area contributed by atoms with Crippen LogP contribution in [0.3, 0.4) is 0 Å². The van der Waals surface area contributed by atoms with Crippen LogP contribution in [0.5, 0.6) is 0 Å². The van der Waals surface area contributed by atoms with Crippen molar-refractivity contribution in [3.8, 4) is 0 Å². The first-order valence-corrected chi connectivity index (χ1v) is 6.72. The molecular weight excluding hydrogens is 248 g/mol. The van der Waals surface area contributed by atoms with E-state index < -0.39 is 0 Å². The maximum atomic E-state index is 11.8. The Morgan fingerprint density at radius 3 is 2.33 bits per heavy atom. The molecule has 0 unspecified atom stereocenters. The SMILES string of the molecule is CCN(CC)C(=O)CN[C@H](C)c1ccc(Cl)cc1. The second-order valence-corrected chi connectivity index (χ2v) is 4.66. The van der Waals surface area contributed by atoms with Gasteiger partial charge in [-0.3, -0.25) is 4.79 Å². The second-order valence-electron chi connectivity index (χ2n) is 4.22. The molecule has 0 fully saturated rings. The second kappa shape index (κ2) is 7.39.